The molecule has 25 heavy (non-hydrogen) atoms. The first kappa shape index (κ1) is 19.1. The molecular weight excluding hydrogens is 324 g/mol. The lowest BCUT2D eigenvalue weighted by molar-refractivity contribution is -0.0409. The van der Waals surface area contributed by atoms with Crippen molar-refractivity contribution in [3.05, 3.63) is 24.3 Å². The average Bonchev–Trinajstić information content (AvgIpc) is 2.66. The molecule has 1 aromatic carbocycles. The summed E-state index contributed by atoms with van der Waals surface area (Å²) in [4.78, 5) is 1.00. The maximum absolute atomic E-state index is 6.15. The van der Waals surface area contributed by atoms with Gasteiger partial charge >= 0.3 is 0 Å². The van der Waals surface area contributed by atoms with Gasteiger partial charge in [-0.3, -0.25) is 0 Å². The molecule has 3 aliphatic rings. The van der Waals surface area contributed by atoms with E-state index in [0.717, 1.165) is 17.3 Å². The van der Waals surface area contributed by atoms with Crippen LogP contribution in [0.3, 0.4) is 0 Å². The number of unbranched alkanes of at least 4 members (excludes halogenated alkanes) is 5. The summed E-state index contributed by atoms with van der Waals surface area (Å²) in [5, 5.41) is 0. The molecule has 0 atom stereocenters. The number of rotatable bonds is 10. The number of fused-ring (bicyclic) bond motifs is 3. The first-order chi connectivity index (χ1) is 12.2. The summed E-state index contributed by atoms with van der Waals surface area (Å²) in [6, 6.07) is 8.13. The Labute approximate surface area is 160 Å². The van der Waals surface area contributed by atoms with Crippen molar-refractivity contribution in [3.8, 4) is 5.75 Å². The molecule has 140 valence electrons. The van der Waals surface area contributed by atoms with Gasteiger partial charge < -0.3 is 4.74 Å². The van der Waals surface area contributed by atoms with Crippen LogP contribution in [0.2, 0.25) is 0 Å². The lowest BCUT2D eigenvalue weighted by atomic mass is 9.53. The Balaban J connectivity index is 1.40. The minimum Gasteiger partial charge on any atom is -0.493 e. The van der Waals surface area contributed by atoms with Crippen LogP contribution >= 0.6 is 12.6 Å². The van der Waals surface area contributed by atoms with E-state index in [1.807, 2.05) is 24.3 Å². The van der Waals surface area contributed by atoms with Gasteiger partial charge in [0.2, 0.25) is 0 Å². The second-order valence-electron chi connectivity index (χ2n) is 8.80. The Morgan fingerprint density at radius 1 is 0.800 bits per heavy atom. The molecule has 3 aliphatic carbocycles. The minimum atomic E-state index is 0.461. The third kappa shape index (κ3) is 5.18. The zero-order valence-corrected chi connectivity index (χ0v) is 17.0. The Morgan fingerprint density at radius 3 is 2.00 bits per heavy atom. The lowest BCUT2D eigenvalue weighted by Crippen LogP contribution is -2.44. The zero-order valence-electron chi connectivity index (χ0n) is 16.1. The van der Waals surface area contributed by atoms with Crippen LogP contribution in [0.15, 0.2) is 29.2 Å². The lowest BCUT2D eigenvalue weighted by Gasteiger charge is -2.53. The molecule has 0 radical (unpaired) electrons. The quantitative estimate of drug-likeness (QED) is 0.337. The summed E-state index contributed by atoms with van der Waals surface area (Å²) in [6.07, 6.45) is 18.6. The molecule has 0 amide bonds. The van der Waals surface area contributed by atoms with Gasteiger partial charge in [-0.15, -0.1) is 12.6 Å². The molecule has 0 unspecified atom stereocenters. The van der Waals surface area contributed by atoms with Gasteiger partial charge in [-0.25, -0.2) is 0 Å². The fourth-order valence-electron chi connectivity index (χ4n) is 4.99. The van der Waals surface area contributed by atoms with Gasteiger partial charge in [0.1, 0.15) is 5.75 Å². The van der Waals surface area contributed by atoms with E-state index in [1.54, 1.807) is 0 Å². The fraction of sp³-hybridized carbons (Fsp3) is 0.739. The van der Waals surface area contributed by atoms with Crippen molar-refractivity contribution in [3.63, 3.8) is 0 Å². The van der Waals surface area contributed by atoms with Gasteiger partial charge in [-0.05, 0) is 74.6 Å². The Hall–Kier alpha value is -0.630. The maximum atomic E-state index is 6.15. The van der Waals surface area contributed by atoms with Crippen molar-refractivity contribution < 1.29 is 4.74 Å². The van der Waals surface area contributed by atoms with Crippen LogP contribution in [0.25, 0.3) is 0 Å². The van der Waals surface area contributed by atoms with E-state index in [1.165, 1.54) is 83.5 Å². The van der Waals surface area contributed by atoms with Crippen LogP contribution < -0.4 is 4.74 Å². The molecule has 3 saturated carbocycles. The fourth-order valence-corrected chi connectivity index (χ4v) is 5.14. The highest BCUT2D eigenvalue weighted by Crippen LogP contribution is 2.58. The minimum absolute atomic E-state index is 0.461. The molecule has 2 heteroatoms. The van der Waals surface area contributed by atoms with Crippen molar-refractivity contribution in [2.24, 2.45) is 10.8 Å². The highest BCUT2D eigenvalue weighted by Gasteiger charge is 2.48. The Morgan fingerprint density at radius 2 is 1.36 bits per heavy atom. The summed E-state index contributed by atoms with van der Waals surface area (Å²) >= 11 is 4.35. The number of ether oxygens (including phenoxy) is 1. The summed E-state index contributed by atoms with van der Waals surface area (Å²) in [5.74, 6) is 1.00. The SMILES string of the molecule is CCCCCCCCC12CCC(COc3ccc(S)cc3)(CC1)CC2. The smallest absolute Gasteiger partial charge is 0.119 e. The van der Waals surface area contributed by atoms with Crippen LogP contribution in [0, 0.1) is 10.8 Å². The number of thiol groups is 1. The molecule has 0 saturated heterocycles. The summed E-state index contributed by atoms with van der Waals surface area (Å²) in [6.45, 7) is 3.21. The molecular formula is C23H36OS. The van der Waals surface area contributed by atoms with E-state index < -0.39 is 0 Å². The molecule has 0 heterocycles. The number of hydrogen-bond donors (Lipinski definition) is 1. The largest absolute Gasteiger partial charge is 0.493 e. The standard InChI is InChI=1S/C23H36OS/c1-2-3-4-5-6-7-12-22-13-16-23(17-14-22,18-15-22)19-24-20-8-10-21(25)11-9-20/h8-11,25H,2-7,12-19H2,1H3. The molecule has 4 rings (SSSR count). The predicted molar refractivity (Wildman–Crippen MR) is 110 cm³/mol. The number of hydrogen-bond acceptors (Lipinski definition) is 2. The summed E-state index contributed by atoms with van der Waals surface area (Å²) in [5.41, 5.74) is 1.16. The second kappa shape index (κ2) is 8.84. The van der Waals surface area contributed by atoms with E-state index in [4.69, 9.17) is 4.74 Å². The van der Waals surface area contributed by atoms with Gasteiger partial charge in [-0.2, -0.15) is 0 Å². The van der Waals surface area contributed by atoms with Crippen molar-refractivity contribution in [2.75, 3.05) is 6.61 Å². The van der Waals surface area contributed by atoms with E-state index in [9.17, 15) is 0 Å². The summed E-state index contributed by atoms with van der Waals surface area (Å²) in [7, 11) is 0. The van der Waals surface area contributed by atoms with Crippen LogP contribution in [0.1, 0.15) is 90.4 Å². The zero-order chi connectivity index (χ0) is 17.6. The highest BCUT2D eigenvalue weighted by molar-refractivity contribution is 7.80. The van der Waals surface area contributed by atoms with Gasteiger partial charge in [0.15, 0.2) is 0 Å². The van der Waals surface area contributed by atoms with Crippen LogP contribution in [-0.2, 0) is 0 Å². The third-order valence-electron chi connectivity index (χ3n) is 7.00. The van der Waals surface area contributed by atoms with E-state index in [2.05, 4.69) is 19.6 Å². The normalized spacial score (nSPS) is 28.2. The molecule has 1 nitrogen and oxygen atoms in total. The van der Waals surface area contributed by atoms with Crippen LogP contribution in [-0.4, -0.2) is 6.61 Å². The molecule has 3 fully saturated rings. The molecule has 0 N–H and O–H groups in total. The molecule has 1 aromatic rings. The van der Waals surface area contributed by atoms with E-state index in [0.29, 0.717) is 10.8 Å². The van der Waals surface area contributed by atoms with Crippen molar-refractivity contribution in [1.82, 2.24) is 0 Å². The van der Waals surface area contributed by atoms with Gasteiger partial charge in [-0.1, -0.05) is 45.4 Å². The van der Waals surface area contributed by atoms with Gasteiger partial charge in [0.05, 0.1) is 6.61 Å². The highest BCUT2D eigenvalue weighted by atomic mass is 32.1. The predicted octanol–water partition coefficient (Wildman–Crippen LogP) is 7.45. The Kier molecular flexibility index (Phi) is 6.77. The van der Waals surface area contributed by atoms with Crippen molar-refractivity contribution >= 4 is 12.6 Å². The van der Waals surface area contributed by atoms with E-state index >= 15 is 0 Å². The van der Waals surface area contributed by atoms with Crippen molar-refractivity contribution in [1.29, 1.82) is 0 Å². The Bertz CT molecular complexity index is 497. The van der Waals surface area contributed by atoms with Crippen LogP contribution in [0.4, 0.5) is 0 Å². The maximum Gasteiger partial charge on any atom is 0.119 e. The first-order valence-corrected chi connectivity index (χ1v) is 11.0. The van der Waals surface area contributed by atoms with Gasteiger partial charge in [0, 0.05) is 10.3 Å². The first-order valence-electron chi connectivity index (χ1n) is 10.6. The summed E-state index contributed by atoms with van der Waals surface area (Å²) < 4.78 is 6.15. The molecule has 0 spiro atoms. The monoisotopic (exact) mass is 360 g/mol. The topological polar surface area (TPSA) is 9.23 Å². The van der Waals surface area contributed by atoms with E-state index in [-0.39, 0.29) is 0 Å². The number of benzene rings is 1. The average molecular weight is 361 g/mol. The molecule has 2 bridgehead atoms. The molecule has 0 aromatic heterocycles. The van der Waals surface area contributed by atoms with Crippen LogP contribution in [0.5, 0.6) is 5.75 Å². The van der Waals surface area contributed by atoms with Gasteiger partial charge in [0.25, 0.3) is 0 Å². The molecule has 0 aliphatic heterocycles. The third-order valence-corrected chi connectivity index (χ3v) is 7.30. The van der Waals surface area contributed by atoms with Crippen molar-refractivity contribution in [2.45, 2.75) is 95.3 Å². The second-order valence-corrected chi connectivity index (χ2v) is 9.32.